The number of hydrogen-bond acceptors (Lipinski definition) is 3. The molecule has 3 nitrogen and oxygen atoms in total. The molecule has 1 fully saturated rings. The summed E-state index contributed by atoms with van der Waals surface area (Å²) in [6.07, 6.45) is 6.71. The van der Waals surface area contributed by atoms with Crippen LogP contribution in [0, 0.1) is 0 Å². The Morgan fingerprint density at radius 2 is 2.00 bits per heavy atom. The van der Waals surface area contributed by atoms with Gasteiger partial charge in [0, 0.05) is 25.7 Å². The summed E-state index contributed by atoms with van der Waals surface area (Å²) >= 11 is 0. The maximum Gasteiger partial charge on any atom is 0.0667 e. The van der Waals surface area contributed by atoms with Crippen molar-refractivity contribution in [2.75, 3.05) is 20.2 Å². The van der Waals surface area contributed by atoms with Gasteiger partial charge in [-0.1, -0.05) is 19.3 Å². The molecule has 0 aromatic rings. The molecule has 3 N–H and O–H groups in total. The van der Waals surface area contributed by atoms with Gasteiger partial charge in [-0.15, -0.1) is 0 Å². The molecular weight excluding hydrogens is 176 g/mol. The van der Waals surface area contributed by atoms with E-state index in [9.17, 15) is 0 Å². The number of nitrogens with two attached hydrogens (primary N) is 1. The summed E-state index contributed by atoms with van der Waals surface area (Å²) in [5, 5.41) is 3.59. The van der Waals surface area contributed by atoms with Gasteiger partial charge in [0.1, 0.15) is 0 Å². The van der Waals surface area contributed by atoms with Crippen LogP contribution in [0.1, 0.15) is 39.0 Å². The number of hydrogen-bond donors (Lipinski definition) is 2. The molecule has 1 rings (SSSR count). The van der Waals surface area contributed by atoms with Crippen LogP contribution in [0.15, 0.2) is 0 Å². The molecule has 0 aromatic heterocycles. The van der Waals surface area contributed by atoms with Crippen LogP contribution in [0.5, 0.6) is 0 Å². The highest BCUT2D eigenvalue weighted by Gasteiger charge is 2.29. The van der Waals surface area contributed by atoms with Crippen LogP contribution < -0.4 is 11.1 Å². The first kappa shape index (κ1) is 12.0. The fraction of sp³-hybridized carbons (Fsp3) is 1.00. The summed E-state index contributed by atoms with van der Waals surface area (Å²) in [7, 11) is 1.75. The third-order valence-corrected chi connectivity index (χ3v) is 3.37. The third-order valence-electron chi connectivity index (χ3n) is 3.37. The van der Waals surface area contributed by atoms with Crippen molar-refractivity contribution in [3.05, 3.63) is 0 Å². The van der Waals surface area contributed by atoms with Gasteiger partial charge in [-0.3, -0.25) is 0 Å². The lowest BCUT2D eigenvalue weighted by Gasteiger charge is -2.38. The Morgan fingerprint density at radius 3 is 2.50 bits per heavy atom. The molecule has 14 heavy (non-hydrogen) atoms. The smallest absolute Gasteiger partial charge is 0.0667 e. The number of ether oxygens (including phenoxy) is 1. The fourth-order valence-corrected chi connectivity index (χ4v) is 2.13. The van der Waals surface area contributed by atoms with Gasteiger partial charge < -0.3 is 15.8 Å². The fourth-order valence-electron chi connectivity index (χ4n) is 2.13. The quantitative estimate of drug-likeness (QED) is 0.702. The lowest BCUT2D eigenvalue weighted by atomic mass is 9.81. The highest BCUT2D eigenvalue weighted by molar-refractivity contribution is 4.92. The van der Waals surface area contributed by atoms with Gasteiger partial charge >= 0.3 is 0 Å². The number of nitrogens with one attached hydrogen (secondary N) is 1. The molecule has 0 amide bonds. The SMILES string of the molecule is COC(C)CNC1(CN)CCCCC1. The van der Waals surface area contributed by atoms with E-state index in [0.29, 0.717) is 0 Å². The van der Waals surface area contributed by atoms with Crippen molar-refractivity contribution < 1.29 is 4.74 Å². The van der Waals surface area contributed by atoms with Crippen LogP contribution in [0.4, 0.5) is 0 Å². The zero-order chi connectivity index (χ0) is 10.4. The monoisotopic (exact) mass is 200 g/mol. The molecule has 1 aliphatic carbocycles. The Bertz CT molecular complexity index is 155. The molecule has 1 saturated carbocycles. The van der Waals surface area contributed by atoms with Crippen LogP contribution in [-0.4, -0.2) is 31.8 Å². The van der Waals surface area contributed by atoms with Crippen LogP contribution in [-0.2, 0) is 4.74 Å². The summed E-state index contributed by atoms with van der Waals surface area (Å²) in [5.74, 6) is 0. The summed E-state index contributed by atoms with van der Waals surface area (Å²) in [5.41, 5.74) is 6.06. The average Bonchev–Trinajstić information content (AvgIpc) is 2.27. The summed E-state index contributed by atoms with van der Waals surface area (Å²) in [6, 6.07) is 0. The van der Waals surface area contributed by atoms with E-state index in [0.717, 1.165) is 13.1 Å². The largest absolute Gasteiger partial charge is 0.380 e. The average molecular weight is 200 g/mol. The number of methoxy groups -OCH3 is 1. The van der Waals surface area contributed by atoms with E-state index in [1.54, 1.807) is 7.11 Å². The second kappa shape index (κ2) is 5.69. The summed E-state index contributed by atoms with van der Waals surface area (Å²) in [6.45, 7) is 3.75. The van der Waals surface area contributed by atoms with Gasteiger partial charge in [0.25, 0.3) is 0 Å². The van der Waals surface area contributed by atoms with Crippen LogP contribution in [0.2, 0.25) is 0 Å². The molecule has 0 heterocycles. The van der Waals surface area contributed by atoms with Crippen LogP contribution in [0.25, 0.3) is 0 Å². The number of rotatable bonds is 5. The molecule has 1 unspecified atom stereocenters. The van der Waals surface area contributed by atoms with Crippen LogP contribution in [0.3, 0.4) is 0 Å². The van der Waals surface area contributed by atoms with Gasteiger partial charge in [-0.05, 0) is 19.8 Å². The van der Waals surface area contributed by atoms with Gasteiger partial charge in [0.05, 0.1) is 6.10 Å². The second-order valence-corrected chi connectivity index (χ2v) is 4.47. The Hall–Kier alpha value is -0.120. The highest BCUT2D eigenvalue weighted by atomic mass is 16.5. The standard InChI is InChI=1S/C11H24N2O/c1-10(14-2)8-13-11(9-12)6-4-3-5-7-11/h10,13H,3-9,12H2,1-2H3. The molecule has 3 heteroatoms. The zero-order valence-corrected chi connectivity index (χ0v) is 9.51. The van der Waals surface area contributed by atoms with Crippen molar-refractivity contribution in [2.24, 2.45) is 5.73 Å². The predicted octanol–water partition coefficient (Wildman–Crippen LogP) is 1.27. The first-order valence-electron chi connectivity index (χ1n) is 5.70. The molecule has 1 aliphatic rings. The van der Waals surface area contributed by atoms with Gasteiger partial charge in [-0.2, -0.15) is 0 Å². The topological polar surface area (TPSA) is 47.3 Å². The molecule has 0 spiro atoms. The summed E-state index contributed by atoms with van der Waals surface area (Å²) < 4.78 is 5.23. The van der Waals surface area contributed by atoms with E-state index in [-0.39, 0.29) is 11.6 Å². The van der Waals surface area contributed by atoms with E-state index in [1.807, 2.05) is 0 Å². The Morgan fingerprint density at radius 1 is 1.36 bits per heavy atom. The van der Waals surface area contributed by atoms with Gasteiger partial charge in [0.2, 0.25) is 0 Å². The first-order valence-corrected chi connectivity index (χ1v) is 5.70. The normalized spacial score (nSPS) is 23.4. The minimum Gasteiger partial charge on any atom is -0.380 e. The van der Waals surface area contributed by atoms with E-state index >= 15 is 0 Å². The minimum atomic E-state index is 0.199. The Balaban J connectivity index is 2.36. The lowest BCUT2D eigenvalue weighted by Crippen LogP contribution is -2.54. The van der Waals surface area contributed by atoms with E-state index in [2.05, 4.69) is 12.2 Å². The molecule has 0 saturated heterocycles. The molecule has 1 atom stereocenters. The molecular formula is C11H24N2O. The van der Waals surface area contributed by atoms with Crippen LogP contribution >= 0.6 is 0 Å². The van der Waals surface area contributed by atoms with E-state index < -0.39 is 0 Å². The maximum atomic E-state index is 5.86. The molecule has 0 aromatic carbocycles. The van der Waals surface area contributed by atoms with E-state index in [1.165, 1.54) is 32.1 Å². The molecule has 0 radical (unpaired) electrons. The second-order valence-electron chi connectivity index (χ2n) is 4.47. The van der Waals surface area contributed by atoms with Crippen molar-refractivity contribution >= 4 is 0 Å². The lowest BCUT2D eigenvalue weighted by molar-refractivity contribution is 0.101. The van der Waals surface area contributed by atoms with Crippen molar-refractivity contribution in [2.45, 2.75) is 50.7 Å². The maximum absolute atomic E-state index is 5.86. The first-order chi connectivity index (χ1) is 6.72. The van der Waals surface area contributed by atoms with Crippen molar-refractivity contribution in [3.63, 3.8) is 0 Å². The third kappa shape index (κ3) is 3.23. The molecule has 0 aliphatic heterocycles. The Labute approximate surface area is 87.4 Å². The predicted molar refractivity (Wildman–Crippen MR) is 59.3 cm³/mol. The van der Waals surface area contributed by atoms with E-state index in [4.69, 9.17) is 10.5 Å². The zero-order valence-electron chi connectivity index (χ0n) is 9.51. The van der Waals surface area contributed by atoms with Crippen molar-refractivity contribution in [1.82, 2.24) is 5.32 Å². The molecule has 0 bridgehead atoms. The van der Waals surface area contributed by atoms with Gasteiger partial charge in [0.15, 0.2) is 0 Å². The van der Waals surface area contributed by atoms with Gasteiger partial charge in [-0.25, -0.2) is 0 Å². The Kier molecular flexibility index (Phi) is 4.85. The van der Waals surface area contributed by atoms with Crippen molar-refractivity contribution in [3.8, 4) is 0 Å². The highest BCUT2D eigenvalue weighted by Crippen LogP contribution is 2.27. The van der Waals surface area contributed by atoms with Crippen molar-refractivity contribution in [1.29, 1.82) is 0 Å². The summed E-state index contributed by atoms with van der Waals surface area (Å²) in [4.78, 5) is 0. The molecule has 84 valence electrons. The minimum absolute atomic E-state index is 0.199.